The Morgan fingerprint density at radius 3 is 1.46 bits per heavy atom. The Kier molecular flexibility index (Phi) is 4.78. The summed E-state index contributed by atoms with van der Waals surface area (Å²) in [5.74, 6) is 0.590. The van der Waals surface area contributed by atoms with Crippen LogP contribution in [0.15, 0.2) is 101 Å². The zero-order valence-electron chi connectivity index (χ0n) is 14.1. The molecule has 3 aromatic carbocycles. The number of rotatable bonds is 5. The SMILES string of the molecule is Nc1ncsc1SC(c1ccccc1)(c1ccccc1)c1ccccc1. The number of anilines is 1. The molecule has 0 aliphatic rings. The summed E-state index contributed by atoms with van der Waals surface area (Å²) >= 11 is 3.35. The average Bonchev–Trinajstić information content (AvgIpc) is 3.12. The number of hydrogen-bond acceptors (Lipinski definition) is 4. The van der Waals surface area contributed by atoms with Crippen molar-refractivity contribution in [2.24, 2.45) is 0 Å². The molecule has 0 radical (unpaired) electrons. The lowest BCUT2D eigenvalue weighted by Crippen LogP contribution is -2.25. The average molecular weight is 375 g/mol. The van der Waals surface area contributed by atoms with Crippen LogP contribution in [0.5, 0.6) is 0 Å². The Labute approximate surface area is 161 Å². The van der Waals surface area contributed by atoms with Gasteiger partial charge >= 0.3 is 0 Å². The molecule has 0 saturated heterocycles. The summed E-state index contributed by atoms with van der Waals surface area (Å²) in [7, 11) is 0. The van der Waals surface area contributed by atoms with Gasteiger partial charge in [0, 0.05) is 0 Å². The summed E-state index contributed by atoms with van der Waals surface area (Å²) in [5, 5.41) is 0. The fraction of sp³-hybridized carbons (Fsp3) is 0.0455. The zero-order chi connectivity index (χ0) is 17.8. The number of nitrogen functional groups attached to an aromatic ring is 1. The molecule has 0 fully saturated rings. The minimum absolute atomic E-state index is 0.398. The van der Waals surface area contributed by atoms with Gasteiger partial charge in [0.2, 0.25) is 0 Å². The number of benzene rings is 3. The Morgan fingerprint density at radius 2 is 1.12 bits per heavy atom. The lowest BCUT2D eigenvalue weighted by atomic mass is 9.84. The molecule has 4 rings (SSSR count). The Morgan fingerprint density at radius 1 is 0.692 bits per heavy atom. The fourth-order valence-corrected chi connectivity index (χ4v) is 5.48. The van der Waals surface area contributed by atoms with E-state index in [1.165, 1.54) is 16.7 Å². The van der Waals surface area contributed by atoms with E-state index in [1.807, 2.05) is 5.51 Å². The van der Waals surface area contributed by atoms with Crippen LogP contribution < -0.4 is 5.73 Å². The summed E-state index contributed by atoms with van der Waals surface area (Å²) in [6.07, 6.45) is 0. The van der Waals surface area contributed by atoms with Gasteiger partial charge in [0.1, 0.15) is 10.0 Å². The van der Waals surface area contributed by atoms with Crippen LogP contribution in [0.4, 0.5) is 5.82 Å². The van der Waals surface area contributed by atoms with Crippen LogP contribution in [0.2, 0.25) is 0 Å². The van der Waals surface area contributed by atoms with Crippen LogP contribution in [-0.2, 0) is 4.75 Å². The normalized spacial score (nSPS) is 11.4. The second kappa shape index (κ2) is 7.36. The van der Waals surface area contributed by atoms with Crippen LogP contribution in [0.1, 0.15) is 16.7 Å². The van der Waals surface area contributed by atoms with Crippen LogP contribution in [-0.4, -0.2) is 4.98 Å². The maximum Gasteiger partial charge on any atom is 0.148 e. The molecule has 0 unspecified atom stereocenters. The standard InChI is InChI=1S/C22H18N2S2/c23-20-21(25-16-24-20)26-22(17-10-4-1-5-11-17,18-12-6-2-7-13-18)19-14-8-3-9-15-19/h1-16H,23H2. The largest absolute Gasteiger partial charge is 0.382 e. The first-order chi connectivity index (χ1) is 12.8. The van der Waals surface area contributed by atoms with E-state index in [9.17, 15) is 0 Å². The van der Waals surface area contributed by atoms with E-state index in [0.29, 0.717) is 5.82 Å². The van der Waals surface area contributed by atoms with E-state index in [0.717, 1.165) is 4.21 Å². The number of nitrogens with zero attached hydrogens (tertiary/aromatic N) is 1. The third kappa shape index (κ3) is 3.02. The van der Waals surface area contributed by atoms with Crippen molar-refractivity contribution in [2.75, 3.05) is 5.73 Å². The van der Waals surface area contributed by atoms with E-state index in [4.69, 9.17) is 5.73 Å². The molecule has 2 nitrogen and oxygen atoms in total. The van der Waals surface area contributed by atoms with E-state index in [-0.39, 0.29) is 0 Å². The van der Waals surface area contributed by atoms with Crippen molar-refractivity contribution >= 4 is 28.9 Å². The maximum atomic E-state index is 6.16. The van der Waals surface area contributed by atoms with E-state index < -0.39 is 4.75 Å². The predicted molar refractivity (Wildman–Crippen MR) is 112 cm³/mol. The van der Waals surface area contributed by atoms with Crippen molar-refractivity contribution in [2.45, 2.75) is 8.96 Å². The molecule has 0 aliphatic heterocycles. The van der Waals surface area contributed by atoms with Gasteiger partial charge in [-0.15, -0.1) is 11.3 Å². The molecule has 0 saturated carbocycles. The minimum Gasteiger partial charge on any atom is -0.382 e. The number of nitrogens with two attached hydrogens (primary N) is 1. The van der Waals surface area contributed by atoms with Crippen LogP contribution >= 0.6 is 23.1 Å². The first kappa shape index (κ1) is 16.9. The van der Waals surface area contributed by atoms with E-state index in [1.54, 1.807) is 23.1 Å². The highest BCUT2D eigenvalue weighted by Gasteiger charge is 2.38. The Hall–Kier alpha value is -2.56. The molecule has 0 amide bonds. The molecular formula is C22H18N2S2. The van der Waals surface area contributed by atoms with Crippen molar-refractivity contribution in [1.82, 2.24) is 4.98 Å². The van der Waals surface area contributed by atoms with Crippen molar-refractivity contribution < 1.29 is 0 Å². The second-order valence-corrected chi connectivity index (χ2v) is 8.24. The molecular weight excluding hydrogens is 356 g/mol. The van der Waals surface area contributed by atoms with Crippen molar-refractivity contribution in [3.05, 3.63) is 113 Å². The lowest BCUT2D eigenvalue weighted by molar-refractivity contribution is 0.896. The van der Waals surface area contributed by atoms with Crippen molar-refractivity contribution in [1.29, 1.82) is 0 Å². The summed E-state index contributed by atoms with van der Waals surface area (Å²) in [5.41, 5.74) is 11.6. The number of aromatic nitrogens is 1. The van der Waals surface area contributed by atoms with Gasteiger partial charge in [-0.3, -0.25) is 0 Å². The topological polar surface area (TPSA) is 38.9 Å². The molecule has 4 aromatic rings. The van der Waals surface area contributed by atoms with Gasteiger partial charge in [0.05, 0.1) is 10.3 Å². The summed E-state index contributed by atoms with van der Waals surface area (Å²) < 4.78 is 0.631. The summed E-state index contributed by atoms with van der Waals surface area (Å²) in [4.78, 5) is 4.26. The van der Waals surface area contributed by atoms with Gasteiger partial charge in [-0.1, -0.05) is 103 Å². The van der Waals surface area contributed by atoms with E-state index >= 15 is 0 Å². The van der Waals surface area contributed by atoms with E-state index in [2.05, 4.69) is 96.0 Å². The minimum atomic E-state index is -0.398. The molecule has 2 N–H and O–H groups in total. The van der Waals surface area contributed by atoms with Gasteiger partial charge < -0.3 is 5.73 Å². The highest BCUT2D eigenvalue weighted by atomic mass is 32.2. The molecule has 1 heterocycles. The Bertz CT molecular complexity index is 870. The number of thioether (sulfide) groups is 1. The molecule has 128 valence electrons. The molecule has 0 atom stereocenters. The number of hydrogen-bond donors (Lipinski definition) is 1. The molecule has 26 heavy (non-hydrogen) atoms. The third-order valence-electron chi connectivity index (χ3n) is 4.35. The molecule has 0 spiro atoms. The van der Waals surface area contributed by atoms with Crippen LogP contribution in [0.3, 0.4) is 0 Å². The quantitative estimate of drug-likeness (QED) is 0.354. The molecule has 0 aliphatic carbocycles. The first-order valence-electron chi connectivity index (χ1n) is 8.35. The lowest BCUT2D eigenvalue weighted by Gasteiger charge is -2.35. The summed E-state index contributed by atoms with van der Waals surface area (Å²) in [6, 6.07) is 31.8. The predicted octanol–water partition coefficient (Wildman–Crippen LogP) is 5.81. The maximum absolute atomic E-state index is 6.16. The van der Waals surface area contributed by atoms with Gasteiger partial charge in [0.25, 0.3) is 0 Å². The van der Waals surface area contributed by atoms with Crippen LogP contribution in [0, 0.1) is 0 Å². The highest BCUT2D eigenvalue weighted by molar-refractivity contribution is 8.02. The Balaban J connectivity index is 2.02. The monoisotopic (exact) mass is 374 g/mol. The molecule has 0 bridgehead atoms. The van der Waals surface area contributed by atoms with Gasteiger partial charge in [-0.25, -0.2) is 4.98 Å². The van der Waals surface area contributed by atoms with Gasteiger partial charge in [-0.05, 0) is 16.7 Å². The third-order valence-corrected chi connectivity index (χ3v) is 6.93. The van der Waals surface area contributed by atoms with Crippen molar-refractivity contribution in [3.8, 4) is 0 Å². The molecule has 4 heteroatoms. The molecule has 1 aromatic heterocycles. The first-order valence-corrected chi connectivity index (χ1v) is 10.0. The van der Waals surface area contributed by atoms with Gasteiger partial charge in [-0.2, -0.15) is 0 Å². The second-order valence-electron chi connectivity index (χ2n) is 5.91. The zero-order valence-corrected chi connectivity index (χ0v) is 15.7. The van der Waals surface area contributed by atoms with Crippen molar-refractivity contribution in [3.63, 3.8) is 0 Å². The fourth-order valence-electron chi connectivity index (χ4n) is 3.15. The number of thiazole rings is 1. The summed E-state index contributed by atoms with van der Waals surface area (Å²) in [6.45, 7) is 0. The smallest absolute Gasteiger partial charge is 0.148 e. The van der Waals surface area contributed by atoms with Crippen LogP contribution in [0.25, 0.3) is 0 Å². The van der Waals surface area contributed by atoms with Gasteiger partial charge in [0.15, 0.2) is 0 Å². The highest BCUT2D eigenvalue weighted by Crippen LogP contribution is 2.53.